The minimum Gasteiger partial charge on any atom is -0.368 e. The van der Waals surface area contributed by atoms with Gasteiger partial charge in [-0.1, -0.05) is 40.2 Å². The Labute approximate surface area is 168 Å². The van der Waals surface area contributed by atoms with Gasteiger partial charge < -0.3 is 11.1 Å². The van der Waals surface area contributed by atoms with E-state index in [0.29, 0.717) is 30.4 Å². The van der Waals surface area contributed by atoms with Crippen molar-refractivity contribution in [1.29, 1.82) is 0 Å². The molecule has 0 aromatic heterocycles. The molecule has 148 valence electrons. The number of amides is 2. The summed E-state index contributed by atoms with van der Waals surface area (Å²) in [5.41, 5.74) is 5.21. The Morgan fingerprint density at radius 1 is 1.14 bits per heavy atom. The maximum absolute atomic E-state index is 12.8. The van der Waals surface area contributed by atoms with E-state index in [1.165, 1.54) is 12.1 Å². The van der Waals surface area contributed by atoms with E-state index in [-0.39, 0.29) is 5.91 Å². The number of carbonyl (C=O) groups excluding carboxylic acids is 2. The SMILES string of the molecule is NC(=O)C(NC(=O)C1(Cc2ccc(C(F)(F)F)cc2)CC1)c1cccc(Br)c1. The van der Waals surface area contributed by atoms with Gasteiger partial charge >= 0.3 is 6.18 Å². The highest BCUT2D eigenvalue weighted by atomic mass is 79.9. The Morgan fingerprint density at radius 3 is 2.29 bits per heavy atom. The van der Waals surface area contributed by atoms with Crippen molar-refractivity contribution >= 4 is 27.7 Å². The Morgan fingerprint density at radius 2 is 1.79 bits per heavy atom. The van der Waals surface area contributed by atoms with Gasteiger partial charge in [0.25, 0.3) is 0 Å². The lowest BCUT2D eigenvalue weighted by Gasteiger charge is -2.21. The predicted molar refractivity (Wildman–Crippen MR) is 101 cm³/mol. The molecule has 4 nitrogen and oxygen atoms in total. The highest BCUT2D eigenvalue weighted by Gasteiger charge is 2.50. The molecule has 8 heteroatoms. The molecule has 0 spiro atoms. The van der Waals surface area contributed by atoms with E-state index < -0.39 is 29.1 Å². The van der Waals surface area contributed by atoms with Crippen molar-refractivity contribution in [1.82, 2.24) is 5.32 Å². The van der Waals surface area contributed by atoms with Crippen molar-refractivity contribution in [2.24, 2.45) is 11.1 Å². The van der Waals surface area contributed by atoms with Crippen LogP contribution in [-0.2, 0) is 22.2 Å². The molecule has 2 aromatic carbocycles. The molecule has 3 N–H and O–H groups in total. The topological polar surface area (TPSA) is 72.2 Å². The summed E-state index contributed by atoms with van der Waals surface area (Å²) in [5, 5.41) is 2.70. The van der Waals surface area contributed by atoms with Gasteiger partial charge in [-0.3, -0.25) is 9.59 Å². The fourth-order valence-electron chi connectivity index (χ4n) is 3.13. The van der Waals surface area contributed by atoms with Crippen molar-refractivity contribution in [3.05, 3.63) is 69.7 Å². The first-order valence-electron chi connectivity index (χ1n) is 8.63. The lowest BCUT2D eigenvalue weighted by atomic mass is 9.94. The van der Waals surface area contributed by atoms with Crippen LogP contribution in [0.15, 0.2) is 53.0 Å². The minimum absolute atomic E-state index is 0.306. The molecule has 0 saturated heterocycles. The zero-order chi connectivity index (χ0) is 20.5. The molecule has 1 fully saturated rings. The van der Waals surface area contributed by atoms with E-state index in [4.69, 9.17) is 5.73 Å². The van der Waals surface area contributed by atoms with Crippen LogP contribution in [0, 0.1) is 5.41 Å². The van der Waals surface area contributed by atoms with E-state index in [2.05, 4.69) is 21.2 Å². The van der Waals surface area contributed by atoms with Crippen molar-refractivity contribution in [3.63, 3.8) is 0 Å². The summed E-state index contributed by atoms with van der Waals surface area (Å²) in [7, 11) is 0. The maximum atomic E-state index is 12.8. The third kappa shape index (κ3) is 4.55. The molecule has 1 unspecified atom stereocenters. The monoisotopic (exact) mass is 454 g/mol. The largest absolute Gasteiger partial charge is 0.416 e. The number of alkyl halides is 3. The number of primary amides is 1. The molecule has 2 amide bonds. The molecule has 0 radical (unpaired) electrons. The molecular formula is C20H18BrF3N2O2. The molecule has 1 aliphatic rings. The summed E-state index contributed by atoms with van der Waals surface area (Å²) in [6.45, 7) is 0. The van der Waals surface area contributed by atoms with Gasteiger partial charge in [0.15, 0.2) is 0 Å². The van der Waals surface area contributed by atoms with Gasteiger partial charge in [0, 0.05) is 4.47 Å². The fraction of sp³-hybridized carbons (Fsp3) is 0.300. The van der Waals surface area contributed by atoms with Crippen molar-refractivity contribution in [2.75, 3.05) is 0 Å². The Balaban J connectivity index is 1.73. The van der Waals surface area contributed by atoms with Crippen molar-refractivity contribution in [2.45, 2.75) is 31.5 Å². The van der Waals surface area contributed by atoms with Crippen LogP contribution < -0.4 is 11.1 Å². The first-order chi connectivity index (χ1) is 13.1. The summed E-state index contributed by atoms with van der Waals surface area (Å²) in [6.07, 6.45) is -2.89. The predicted octanol–water partition coefficient (Wildman–Crippen LogP) is 4.13. The van der Waals surface area contributed by atoms with E-state index in [1.54, 1.807) is 24.3 Å². The average Bonchev–Trinajstić information content (AvgIpc) is 3.39. The number of carbonyl (C=O) groups is 2. The normalized spacial score (nSPS) is 16.3. The van der Waals surface area contributed by atoms with Crippen LogP contribution in [-0.4, -0.2) is 11.8 Å². The Kier molecular flexibility index (Phi) is 5.52. The van der Waals surface area contributed by atoms with E-state index in [9.17, 15) is 22.8 Å². The molecule has 1 saturated carbocycles. The molecule has 0 heterocycles. The second kappa shape index (κ2) is 7.58. The van der Waals surface area contributed by atoms with Crippen LogP contribution in [0.1, 0.15) is 35.6 Å². The van der Waals surface area contributed by atoms with Crippen LogP contribution in [0.2, 0.25) is 0 Å². The smallest absolute Gasteiger partial charge is 0.368 e. The van der Waals surface area contributed by atoms with Gasteiger partial charge in [-0.25, -0.2) is 0 Å². The first-order valence-corrected chi connectivity index (χ1v) is 9.42. The number of halogens is 4. The van der Waals surface area contributed by atoms with Crippen molar-refractivity contribution < 1.29 is 22.8 Å². The van der Waals surface area contributed by atoms with Gasteiger partial charge in [-0.15, -0.1) is 0 Å². The fourth-order valence-corrected chi connectivity index (χ4v) is 3.54. The van der Waals surface area contributed by atoms with Gasteiger partial charge in [0.1, 0.15) is 6.04 Å². The Bertz CT molecular complexity index is 893. The van der Waals surface area contributed by atoms with Crippen LogP contribution in [0.4, 0.5) is 13.2 Å². The van der Waals surface area contributed by atoms with E-state index >= 15 is 0 Å². The third-order valence-electron chi connectivity index (χ3n) is 4.90. The number of rotatable bonds is 6. The summed E-state index contributed by atoms with van der Waals surface area (Å²) >= 11 is 3.32. The molecule has 0 bridgehead atoms. The van der Waals surface area contributed by atoms with Gasteiger partial charge in [-0.05, 0) is 54.7 Å². The third-order valence-corrected chi connectivity index (χ3v) is 5.39. The highest BCUT2D eigenvalue weighted by molar-refractivity contribution is 9.10. The summed E-state index contributed by atoms with van der Waals surface area (Å²) in [5.74, 6) is -1.01. The second-order valence-corrected chi connectivity index (χ2v) is 7.93. The van der Waals surface area contributed by atoms with Crippen LogP contribution in [0.3, 0.4) is 0 Å². The van der Waals surface area contributed by atoms with Crippen LogP contribution in [0.5, 0.6) is 0 Å². The number of nitrogens with one attached hydrogen (secondary N) is 1. The second-order valence-electron chi connectivity index (χ2n) is 7.02. The Hall–Kier alpha value is -2.35. The number of nitrogens with two attached hydrogens (primary N) is 1. The van der Waals surface area contributed by atoms with Gasteiger partial charge in [-0.2, -0.15) is 13.2 Å². The lowest BCUT2D eigenvalue weighted by molar-refractivity contribution is -0.137. The quantitative estimate of drug-likeness (QED) is 0.688. The molecule has 1 atom stereocenters. The number of benzene rings is 2. The molecule has 2 aromatic rings. The van der Waals surface area contributed by atoms with E-state index in [0.717, 1.165) is 16.6 Å². The number of hydrogen-bond donors (Lipinski definition) is 2. The van der Waals surface area contributed by atoms with Gasteiger partial charge in [0.2, 0.25) is 11.8 Å². The summed E-state index contributed by atoms with van der Waals surface area (Å²) in [4.78, 5) is 24.7. The first kappa shape index (κ1) is 20.4. The standard InChI is InChI=1S/C20H18BrF3N2O2/c21-15-3-1-2-13(10-15)16(17(25)27)26-18(28)19(8-9-19)11-12-4-6-14(7-5-12)20(22,23)24/h1-7,10,16H,8-9,11H2,(H2,25,27)(H,26,28). The zero-order valence-electron chi connectivity index (χ0n) is 14.7. The number of hydrogen-bond acceptors (Lipinski definition) is 2. The minimum atomic E-state index is -4.40. The molecule has 28 heavy (non-hydrogen) atoms. The maximum Gasteiger partial charge on any atom is 0.416 e. The van der Waals surface area contributed by atoms with Crippen LogP contribution in [0.25, 0.3) is 0 Å². The molecule has 3 rings (SSSR count). The summed E-state index contributed by atoms with van der Waals surface area (Å²) < 4.78 is 38.8. The van der Waals surface area contributed by atoms with Crippen LogP contribution >= 0.6 is 15.9 Å². The van der Waals surface area contributed by atoms with E-state index in [1.807, 2.05) is 0 Å². The lowest BCUT2D eigenvalue weighted by Crippen LogP contribution is -2.41. The van der Waals surface area contributed by atoms with Gasteiger partial charge in [0.05, 0.1) is 11.0 Å². The molecular weight excluding hydrogens is 437 g/mol. The molecule has 0 aliphatic heterocycles. The highest BCUT2D eigenvalue weighted by Crippen LogP contribution is 2.49. The molecule has 1 aliphatic carbocycles. The van der Waals surface area contributed by atoms with Crippen molar-refractivity contribution in [3.8, 4) is 0 Å². The zero-order valence-corrected chi connectivity index (χ0v) is 16.3. The summed E-state index contributed by atoms with van der Waals surface area (Å²) in [6, 6.07) is 10.7. The average molecular weight is 455 g/mol.